The van der Waals surface area contributed by atoms with Gasteiger partial charge in [0.05, 0.1) is 5.02 Å². The first-order chi connectivity index (χ1) is 11.6. The number of rotatable bonds is 5. The van der Waals surface area contributed by atoms with Gasteiger partial charge in [0.25, 0.3) is 0 Å². The highest BCUT2D eigenvalue weighted by Crippen LogP contribution is 2.27. The summed E-state index contributed by atoms with van der Waals surface area (Å²) in [7, 11) is 0. The van der Waals surface area contributed by atoms with Crippen LogP contribution in [0, 0.1) is 11.7 Å². The fourth-order valence-electron chi connectivity index (χ4n) is 2.47. The van der Waals surface area contributed by atoms with E-state index in [1.807, 2.05) is 0 Å². The molecule has 1 aromatic carbocycles. The first-order valence-corrected chi connectivity index (χ1v) is 8.08. The predicted molar refractivity (Wildman–Crippen MR) is 91.2 cm³/mol. The Balaban J connectivity index is 2.19. The van der Waals surface area contributed by atoms with Crippen molar-refractivity contribution in [2.75, 3.05) is 0 Å². The Morgan fingerprint density at radius 2 is 2.00 bits per heavy atom. The summed E-state index contributed by atoms with van der Waals surface area (Å²) in [6.45, 7) is 5.09. The summed E-state index contributed by atoms with van der Waals surface area (Å²) >= 11 is 5.76. The highest BCUT2D eigenvalue weighted by atomic mass is 35.5. The molecule has 0 aliphatic carbocycles. The number of hydrogen-bond donors (Lipinski definition) is 2. The molecule has 1 aromatic heterocycles. The molecule has 3 N–H and O–H groups in total. The lowest BCUT2D eigenvalue weighted by atomic mass is 9.99. The average Bonchev–Trinajstić information content (AvgIpc) is 2.88. The molecule has 0 saturated heterocycles. The zero-order valence-electron chi connectivity index (χ0n) is 14.2. The van der Waals surface area contributed by atoms with E-state index in [0.29, 0.717) is 17.3 Å². The van der Waals surface area contributed by atoms with Gasteiger partial charge >= 0.3 is 11.9 Å². The molecule has 6 nitrogen and oxygen atoms in total. The Hall–Kier alpha value is -2.12. The zero-order chi connectivity index (χ0) is 18.8. The van der Waals surface area contributed by atoms with E-state index in [0.717, 1.165) is 5.56 Å². The highest BCUT2D eigenvalue weighted by Gasteiger charge is 2.32. The molecule has 1 atom stereocenters. The molecule has 1 heterocycles. The fraction of sp³-hybridized carbons (Fsp3) is 0.412. The summed E-state index contributed by atoms with van der Waals surface area (Å²) in [5.74, 6) is 1.64. The van der Waals surface area contributed by atoms with Gasteiger partial charge in [-0.2, -0.15) is 5.90 Å². The van der Waals surface area contributed by atoms with E-state index >= 15 is 0 Å². The van der Waals surface area contributed by atoms with E-state index in [1.165, 1.54) is 12.1 Å². The minimum Gasteiger partial charge on any atom is -0.459 e. The van der Waals surface area contributed by atoms with Crippen LogP contribution in [0.25, 0.3) is 10.9 Å². The number of aryl methyl sites for hydroxylation is 1. The molecule has 0 spiro atoms. The minimum atomic E-state index is -1.16. The van der Waals surface area contributed by atoms with Crippen LogP contribution in [-0.4, -0.2) is 22.5 Å². The number of nitrogens with one attached hydrogen (secondary N) is 1. The molecule has 0 aliphatic heterocycles. The zero-order valence-corrected chi connectivity index (χ0v) is 14.9. The lowest BCUT2D eigenvalue weighted by Crippen LogP contribution is -2.35. The number of fused-ring (bicyclic) bond motifs is 1. The van der Waals surface area contributed by atoms with Crippen LogP contribution in [0.15, 0.2) is 18.3 Å². The lowest BCUT2D eigenvalue weighted by molar-refractivity contribution is -0.169. The molecular weight excluding hydrogens is 351 g/mol. The number of ether oxygens (including phenoxy) is 1. The van der Waals surface area contributed by atoms with Crippen molar-refractivity contribution in [3.63, 3.8) is 0 Å². The monoisotopic (exact) mass is 370 g/mol. The summed E-state index contributed by atoms with van der Waals surface area (Å²) in [6.07, 6.45) is 2.11. The minimum absolute atomic E-state index is 0.0132. The van der Waals surface area contributed by atoms with Crippen LogP contribution in [0.1, 0.15) is 32.8 Å². The Labute approximate surface area is 149 Å². The van der Waals surface area contributed by atoms with Crippen molar-refractivity contribution in [2.24, 2.45) is 11.8 Å². The first kappa shape index (κ1) is 19.2. The smallest absolute Gasteiger partial charge is 0.338 e. The van der Waals surface area contributed by atoms with Crippen molar-refractivity contribution in [1.82, 2.24) is 4.98 Å². The highest BCUT2D eigenvalue weighted by molar-refractivity contribution is 6.31. The Bertz CT molecular complexity index is 798. The average molecular weight is 371 g/mol. The molecule has 2 rings (SSSR count). The Morgan fingerprint density at radius 3 is 2.60 bits per heavy atom. The van der Waals surface area contributed by atoms with Gasteiger partial charge in [0, 0.05) is 17.1 Å². The molecule has 136 valence electrons. The third-order valence-corrected chi connectivity index (χ3v) is 3.89. The molecule has 2 aromatic rings. The van der Waals surface area contributed by atoms with Gasteiger partial charge < -0.3 is 14.6 Å². The maximum Gasteiger partial charge on any atom is 0.338 e. The van der Waals surface area contributed by atoms with Crippen LogP contribution in [-0.2, 0) is 25.6 Å². The fourth-order valence-corrected chi connectivity index (χ4v) is 2.63. The normalized spacial score (nSPS) is 12.9. The molecule has 0 aliphatic rings. The van der Waals surface area contributed by atoms with Crippen molar-refractivity contribution in [3.8, 4) is 0 Å². The van der Waals surface area contributed by atoms with Gasteiger partial charge in [-0.05, 0) is 51.3 Å². The van der Waals surface area contributed by atoms with Crippen LogP contribution in [0.4, 0.5) is 4.39 Å². The molecule has 25 heavy (non-hydrogen) atoms. The van der Waals surface area contributed by atoms with Crippen LogP contribution >= 0.6 is 11.6 Å². The number of carbonyl (C=O) groups is 2. The Morgan fingerprint density at radius 1 is 1.32 bits per heavy atom. The van der Waals surface area contributed by atoms with E-state index in [4.69, 9.17) is 22.2 Å². The van der Waals surface area contributed by atoms with E-state index in [2.05, 4.69) is 9.82 Å². The summed E-state index contributed by atoms with van der Waals surface area (Å²) in [5.41, 5.74) is 0.658. The first-order valence-electron chi connectivity index (χ1n) is 7.71. The van der Waals surface area contributed by atoms with E-state index in [9.17, 15) is 14.0 Å². The topological polar surface area (TPSA) is 94.4 Å². The lowest BCUT2D eigenvalue weighted by Gasteiger charge is -2.22. The van der Waals surface area contributed by atoms with Crippen molar-refractivity contribution in [1.29, 1.82) is 0 Å². The molecule has 0 radical (unpaired) electrons. The molecule has 8 heteroatoms. The van der Waals surface area contributed by atoms with Gasteiger partial charge in [0.1, 0.15) is 11.4 Å². The van der Waals surface area contributed by atoms with Gasteiger partial charge in [0.2, 0.25) is 0 Å². The van der Waals surface area contributed by atoms with Crippen molar-refractivity contribution in [2.45, 2.75) is 39.2 Å². The third-order valence-electron chi connectivity index (χ3n) is 3.60. The van der Waals surface area contributed by atoms with E-state index < -0.39 is 29.3 Å². The van der Waals surface area contributed by atoms with Crippen molar-refractivity contribution < 1.29 is 23.6 Å². The third kappa shape index (κ3) is 4.70. The van der Waals surface area contributed by atoms with Gasteiger partial charge in [-0.3, -0.25) is 4.79 Å². The van der Waals surface area contributed by atoms with E-state index in [-0.39, 0.29) is 11.4 Å². The molecule has 0 saturated carbocycles. The number of esters is 1. The molecule has 0 fully saturated rings. The van der Waals surface area contributed by atoms with Gasteiger partial charge in [-0.15, -0.1) is 0 Å². The number of aromatic amines is 1. The van der Waals surface area contributed by atoms with E-state index in [1.54, 1.807) is 27.0 Å². The quantitative estimate of drug-likeness (QED) is 0.478. The number of halogens is 2. The number of H-pyrrole nitrogens is 1. The molecule has 0 bridgehead atoms. The number of hydrogen-bond acceptors (Lipinski definition) is 5. The SMILES string of the molecule is CC(C)(C)OC(=O)[C@@H](CCc1c[nH]c2cc(Cl)c(F)cc12)C(=O)ON. The maximum atomic E-state index is 13.7. The van der Waals surface area contributed by atoms with Gasteiger partial charge in [0.15, 0.2) is 5.92 Å². The summed E-state index contributed by atoms with van der Waals surface area (Å²) in [6, 6.07) is 2.79. The van der Waals surface area contributed by atoms with Gasteiger partial charge in [-0.1, -0.05) is 11.6 Å². The second-order valence-corrected chi connectivity index (χ2v) is 7.09. The second-order valence-electron chi connectivity index (χ2n) is 6.69. The Kier molecular flexibility index (Phi) is 5.69. The predicted octanol–water partition coefficient (Wildman–Crippen LogP) is 3.27. The standard InChI is InChI=1S/C17H20ClFN2O4/c1-17(2,3)24-15(22)10(16(23)25-20)5-4-9-8-21-14-7-12(18)13(19)6-11(9)14/h6-8,10,21H,4-5,20H2,1-3H3/t10-/m1/s1. The number of aromatic nitrogens is 1. The second kappa shape index (κ2) is 7.41. The van der Waals surface area contributed by atoms with Crippen LogP contribution in [0.5, 0.6) is 0 Å². The summed E-state index contributed by atoms with van der Waals surface area (Å²) in [4.78, 5) is 31.2. The summed E-state index contributed by atoms with van der Waals surface area (Å²) in [5, 5.41) is 0.644. The number of carbonyl (C=O) groups excluding carboxylic acids is 2. The van der Waals surface area contributed by atoms with Crippen molar-refractivity contribution in [3.05, 3.63) is 34.7 Å². The van der Waals surface area contributed by atoms with Gasteiger partial charge in [-0.25, -0.2) is 9.18 Å². The van der Waals surface area contributed by atoms with Crippen LogP contribution in [0.2, 0.25) is 5.02 Å². The number of nitrogens with two attached hydrogens (primary N) is 1. The largest absolute Gasteiger partial charge is 0.459 e. The van der Waals surface area contributed by atoms with Crippen LogP contribution < -0.4 is 5.90 Å². The van der Waals surface area contributed by atoms with Crippen molar-refractivity contribution >= 4 is 34.4 Å². The molecule has 0 unspecified atom stereocenters. The van der Waals surface area contributed by atoms with Crippen LogP contribution in [0.3, 0.4) is 0 Å². The molecular formula is C17H20ClFN2O4. The number of benzene rings is 1. The summed E-state index contributed by atoms with van der Waals surface area (Å²) < 4.78 is 18.9. The maximum absolute atomic E-state index is 13.7. The molecule has 0 amide bonds.